The maximum absolute atomic E-state index is 13.8. The van der Waals surface area contributed by atoms with Gasteiger partial charge in [0.05, 0.1) is 23.8 Å². The van der Waals surface area contributed by atoms with Gasteiger partial charge in [0, 0.05) is 30.8 Å². The van der Waals surface area contributed by atoms with Gasteiger partial charge in [-0.25, -0.2) is 18.7 Å². The van der Waals surface area contributed by atoms with Crippen LogP contribution in [0, 0.1) is 11.6 Å². The van der Waals surface area contributed by atoms with E-state index in [0.717, 1.165) is 12.1 Å². The van der Waals surface area contributed by atoms with Crippen molar-refractivity contribution in [2.75, 3.05) is 18.5 Å². The number of nitrogens with zero attached hydrogens (tertiary/aromatic N) is 2. The van der Waals surface area contributed by atoms with Crippen molar-refractivity contribution in [2.45, 2.75) is 5.92 Å². The largest absolute Gasteiger partial charge is 0.396 e. The van der Waals surface area contributed by atoms with Crippen molar-refractivity contribution >= 4 is 16.7 Å². The summed E-state index contributed by atoms with van der Waals surface area (Å²) in [4.78, 5) is 22.2. The lowest BCUT2D eigenvalue weighted by atomic mass is 9.99. The Balaban J connectivity index is 1.79. The minimum Gasteiger partial charge on any atom is -0.396 e. The summed E-state index contributed by atoms with van der Waals surface area (Å²) >= 11 is 0. The van der Waals surface area contributed by atoms with E-state index in [1.807, 2.05) is 0 Å². The lowest BCUT2D eigenvalue weighted by Crippen LogP contribution is -2.18. The number of halogens is 2. The van der Waals surface area contributed by atoms with Crippen LogP contribution in [0.5, 0.6) is 0 Å². The second-order valence-electron chi connectivity index (χ2n) is 5.24. The van der Waals surface area contributed by atoms with Gasteiger partial charge in [-0.1, -0.05) is 6.07 Å². The molecule has 0 aliphatic heterocycles. The number of pyridine rings is 1. The maximum atomic E-state index is 13.8. The molecule has 8 heteroatoms. The number of aliphatic hydroxyl groups excluding tert-OH is 1. The highest BCUT2D eigenvalue weighted by Gasteiger charge is 2.16. The zero-order chi connectivity index (χ0) is 17.1. The Bertz CT molecular complexity index is 929. The molecule has 1 unspecified atom stereocenters. The van der Waals surface area contributed by atoms with Crippen LogP contribution in [0.1, 0.15) is 11.5 Å². The fourth-order valence-electron chi connectivity index (χ4n) is 2.39. The molecule has 0 fully saturated rings. The lowest BCUT2D eigenvalue weighted by molar-refractivity contribution is 0.267. The van der Waals surface area contributed by atoms with Crippen LogP contribution in [0.4, 0.5) is 14.6 Å². The molecule has 0 aliphatic carbocycles. The molecule has 6 nitrogen and oxygen atoms in total. The second-order valence-corrected chi connectivity index (χ2v) is 5.24. The fourth-order valence-corrected chi connectivity index (χ4v) is 2.39. The molecule has 0 saturated carbocycles. The van der Waals surface area contributed by atoms with E-state index < -0.39 is 17.6 Å². The third kappa shape index (κ3) is 3.23. The van der Waals surface area contributed by atoms with Gasteiger partial charge in [0.1, 0.15) is 17.5 Å². The molecule has 0 saturated heterocycles. The van der Waals surface area contributed by atoms with Crippen molar-refractivity contribution < 1.29 is 13.9 Å². The van der Waals surface area contributed by atoms with Crippen LogP contribution in [0.2, 0.25) is 0 Å². The number of anilines is 1. The molecule has 1 aromatic carbocycles. The van der Waals surface area contributed by atoms with Crippen LogP contribution in [0.3, 0.4) is 0 Å². The van der Waals surface area contributed by atoms with Crippen LogP contribution >= 0.6 is 0 Å². The van der Waals surface area contributed by atoms with Crippen LogP contribution in [0.15, 0.2) is 41.6 Å². The molecule has 0 spiro atoms. The molecule has 0 amide bonds. The molecule has 3 N–H and O–H groups in total. The molecular formula is C16H14F2N4O2. The Labute approximate surface area is 135 Å². The molecule has 124 valence electrons. The minimum atomic E-state index is -0.712. The SMILES string of the molecule is O=c1[nH]cnc2cc(NCC(CO)c3ccc(F)cc3F)ncc12. The van der Waals surface area contributed by atoms with E-state index in [-0.39, 0.29) is 24.3 Å². The van der Waals surface area contributed by atoms with Gasteiger partial charge in [-0.2, -0.15) is 0 Å². The molecule has 1 atom stereocenters. The minimum absolute atomic E-state index is 0.181. The highest BCUT2D eigenvalue weighted by atomic mass is 19.1. The van der Waals surface area contributed by atoms with Gasteiger partial charge < -0.3 is 15.4 Å². The first-order valence-corrected chi connectivity index (χ1v) is 7.21. The Morgan fingerprint density at radius 1 is 1.25 bits per heavy atom. The fraction of sp³-hybridized carbons (Fsp3) is 0.188. The third-order valence-electron chi connectivity index (χ3n) is 3.68. The summed E-state index contributed by atoms with van der Waals surface area (Å²) in [6.07, 6.45) is 2.68. The van der Waals surface area contributed by atoms with Gasteiger partial charge >= 0.3 is 0 Å². The van der Waals surface area contributed by atoms with Gasteiger partial charge in [-0.3, -0.25) is 4.79 Å². The Hall–Kier alpha value is -2.87. The Kier molecular flexibility index (Phi) is 4.48. The first kappa shape index (κ1) is 16.0. The molecular weight excluding hydrogens is 318 g/mol. The Morgan fingerprint density at radius 3 is 2.83 bits per heavy atom. The summed E-state index contributed by atoms with van der Waals surface area (Å²) in [5, 5.41) is 12.8. The van der Waals surface area contributed by atoms with Crippen LogP contribution < -0.4 is 10.9 Å². The van der Waals surface area contributed by atoms with Crippen molar-refractivity contribution in [2.24, 2.45) is 0 Å². The standard InChI is InChI=1S/C16H14F2N4O2/c17-10-1-2-11(13(18)3-10)9(7-23)5-19-15-4-14-12(6-20-15)16(24)22-8-21-14/h1-4,6,8-9,23H,5,7H2,(H,19,20)(H,21,22,24). The summed E-state index contributed by atoms with van der Waals surface area (Å²) in [7, 11) is 0. The van der Waals surface area contributed by atoms with Crippen LogP contribution in [-0.4, -0.2) is 33.2 Å². The molecule has 2 aromatic heterocycles. The summed E-state index contributed by atoms with van der Waals surface area (Å²) in [6, 6.07) is 4.82. The molecule has 3 aromatic rings. The van der Waals surface area contributed by atoms with E-state index in [1.165, 1.54) is 18.6 Å². The predicted molar refractivity (Wildman–Crippen MR) is 84.8 cm³/mol. The number of aromatic nitrogens is 3. The van der Waals surface area contributed by atoms with Gasteiger partial charge in [-0.05, 0) is 11.6 Å². The second kappa shape index (κ2) is 6.71. The monoisotopic (exact) mass is 332 g/mol. The molecule has 24 heavy (non-hydrogen) atoms. The normalized spacial score (nSPS) is 12.3. The quantitative estimate of drug-likeness (QED) is 0.662. The number of rotatable bonds is 5. The molecule has 0 radical (unpaired) electrons. The van der Waals surface area contributed by atoms with E-state index in [1.54, 1.807) is 6.07 Å². The molecule has 0 bridgehead atoms. The Morgan fingerprint density at radius 2 is 2.08 bits per heavy atom. The highest BCUT2D eigenvalue weighted by molar-refractivity contribution is 5.78. The first-order chi connectivity index (χ1) is 11.6. The smallest absolute Gasteiger partial charge is 0.260 e. The number of fused-ring (bicyclic) bond motifs is 1. The maximum Gasteiger partial charge on any atom is 0.260 e. The number of benzene rings is 1. The molecule has 0 aliphatic rings. The van der Waals surface area contributed by atoms with Crippen molar-refractivity contribution in [1.82, 2.24) is 15.0 Å². The van der Waals surface area contributed by atoms with Crippen molar-refractivity contribution in [3.05, 3.63) is 64.3 Å². The zero-order valence-electron chi connectivity index (χ0n) is 12.5. The van der Waals surface area contributed by atoms with E-state index in [4.69, 9.17) is 0 Å². The van der Waals surface area contributed by atoms with Gasteiger partial charge in [0.15, 0.2) is 0 Å². The number of hydrogen-bond donors (Lipinski definition) is 3. The summed E-state index contributed by atoms with van der Waals surface area (Å²) in [6.45, 7) is -0.137. The molecule has 2 heterocycles. The summed E-state index contributed by atoms with van der Waals surface area (Å²) in [5.74, 6) is -1.53. The zero-order valence-corrected chi connectivity index (χ0v) is 12.5. The predicted octanol–water partition coefficient (Wildman–Crippen LogP) is 1.78. The average molecular weight is 332 g/mol. The average Bonchev–Trinajstić information content (AvgIpc) is 2.57. The van der Waals surface area contributed by atoms with E-state index >= 15 is 0 Å². The van der Waals surface area contributed by atoms with Gasteiger partial charge in [-0.15, -0.1) is 0 Å². The lowest BCUT2D eigenvalue weighted by Gasteiger charge is -2.16. The van der Waals surface area contributed by atoms with Crippen molar-refractivity contribution in [1.29, 1.82) is 0 Å². The van der Waals surface area contributed by atoms with E-state index in [0.29, 0.717) is 16.7 Å². The highest BCUT2D eigenvalue weighted by Crippen LogP contribution is 2.21. The summed E-state index contributed by atoms with van der Waals surface area (Å²) < 4.78 is 26.8. The van der Waals surface area contributed by atoms with E-state index in [2.05, 4.69) is 20.3 Å². The third-order valence-corrected chi connectivity index (χ3v) is 3.68. The number of H-pyrrole nitrogens is 1. The van der Waals surface area contributed by atoms with Crippen LogP contribution in [0.25, 0.3) is 10.9 Å². The van der Waals surface area contributed by atoms with Gasteiger partial charge in [0.2, 0.25) is 0 Å². The first-order valence-electron chi connectivity index (χ1n) is 7.21. The van der Waals surface area contributed by atoms with Crippen molar-refractivity contribution in [3.63, 3.8) is 0 Å². The van der Waals surface area contributed by atoms with Crippen molar-refractivity contribution in [3.8, 4) is 0 Å². The summed E-state index contributed by atoms with van der Waals surface area (Å²) in [5.41, 5.74) is 0.382. The van der Waals surface area contributed by atoms with Gasteiger partial charge in [0.25, 0.3) is 5.56 Å². The number of nitrogens with one attached hydrogen (secondary N) is 2. The number of aromatic amines is 1. The molecule has 3 rings (SSSR count). The van der Waals surface area contributed by atoms with E-state index in [9.17, 15) is 18.7 Å². The number of hydrogen-bond acceptors (Lipinski definition) is 5. The van der Waals surface area contributed by atoms with Crippen LogP contribution in [-0.2, 0) is 0 Å². The topological polar surface area (TPSA) is 90.9 Å². The number of aliphatic hydroxyl groups is 1.